The van der Waals surface area contributed by atoms with Gasteiger partial charge in [0.05, 0.1) is 5.70 Å². The van der Waals surface area contributed by atoms with Gasteiger partial charge in [0.2, 0.25) is 0 Å². The summed E-state index contributed by atoms with van der Waals surface area (Å²) < 4.78 is 0. The molecule has 1 aromatic rings. The molecule has 110 valence electrons. The van der Waals surface area contributed by atoms with Crippen molar-refractivity contribution in [2.75, 3.05) is 0 Å². The molecule has 0 fully saturated rings. The predicted octanol–water partition coefficient (Wildman–Crippen LogP) is 6.03. The second-order valence-electron chi connectivity index (χ2n) is 5.97. The average Bonchev–Trinajstić information content (AvgIpc) is 2.38. The van der Waals surface area contributed by atoms with Crippen LogP contribution in [0.1, 0.15) is 64.5 Å². The molecule has 0 radical (unpaired) electrons. The molecule has 0 amide bonds. The molecule has 0 aliphatic carbocycles. The third-order valence-electron chi connectivity index (χ3n) is 3.29. The molecule has 0 atom stereocenters. The van der Waals surface area contributed by atoms with E-state index in [9.17, 15) is 0 Å². The summed E-state index contributed by atoms with van der Waals surface area (Å²) in [5.41, 5.74) is 4.88. The molecule has 1 nitrogen and oxygen atoms in total. The monoisotopic (exact) mass is 271 g/mol. The molecule has 0 bridgehead atoms. The van der Waals surface area contributed by atoms with Crippen LogP contribution >= 0.6 is 0 Å². The number of hydrogen-bond acceptors (Lipinski definition) is 1. The molecule has 0 saturated carbocycles. The second-order valence-corrected chi connectivity index (χ2v) is 5.97. The summed E-state index contributed by atoms with van der Waals surface area (Å²) in [6, 6.07) is 8.66. The Morgan fingerprint density at radius 3 is 2.35 bits per heavy atom. The third-order valence-corrected chi connectivity index (χ3v) is 3.29. The third kappa shape index (κ3) is 6.18. The van der Waals surface area contributed by atoms with Crippen molar-refractivity contribution in [3.63, 3.8) is 0 Å². The molecule has 0 N–H and O–H groups in total. The summed E-state index contributed by atoms with van der Waals surface area (Å²) in [6.45, 7) is 10.9. The van der Waals surface area contributed by atoms with Gasteiger partial charge in [-0.15, -0.1) is 0 Å². The lowest BCUT2D eigenvalue weighted by molar-refractivity contribution is 0.741. The van der Waals surface area contributed by atoms with Gasteiger partial charge < -0.3 is 0 Å². The van der Waals surface area contributed by atoms with E-state index in [4.69, 9.17) is 4.99 Å². The lowest BCUT2D eigenvalue weighted by Gasteiger charge is -2.08. The van der Waals surface area contributed by atoms with Gasteiger partial charge >= 0.3 is 0 Å². The largest absolute Gasteiger partial charge is 0.258 e. The zero-order valence-electron chi connectivity index (χ0n) is 13.7. The number of rotatable bonds is 7. The molecular weight excluding hydrogens is 242 g/mol. The van der Waals surface area contributed by atoms with Gasteiger partial charge in [0.1, 0.15) is 0 Å². The molecule has 20 heavy (non-hydrogen) atoms. The van der Waals surface area contributed by atoms with E-state index in [1.165, 1.54) is 36.1 Å². The quantitative estimate of drug-likeness (QED) is 0.424. The van der Waals surface area contributed by atoms with E-state index in [1.54, 1.807) is 0 Å². The zero-order valence-corrected chi connectivity index (χ0v) is 13.7. The highest BCUT2D eigenvalue weighted by molar-refractivity contribution is 5.88. The lowest BCUT2D eigenvalue weighted by atomic mass is 10.1. The highest BCUT2D eigenvalue weighted by atomic mass is 14.8. The van der Waals surface area contributed by atoms with Crippen LogP contribution in [-0.2, 0) is 0 Å². The van der Waals surface area contributed by atoms with E-state index in [0.717, 1.165) is 12.1 Å². The molecule has 0 saturated heterocycles. The van der Waals surface area contributed by atoms with E-state index >= 15 is 0 Å². The Labute approximate surface area is 124 Å². The summed E-state index contributed by atoms with van der Waals surface area (Å²) in [7, 11) is 0. The molecule has 1 heteroatoms. The normalized spacial score (nSPS) is 13.1. The Kier molecular flexibility index (Phi) is 7.28. The Hall–Kier alpha value is -1.37. The summed E-state index contributed by atoms with van der Waals surface area (Å²) in [4.78, 5) is 4.87. The van der Waals surface area contributed by atoms with Crippen molar-refractivity contribution >= 4 is 11.4 Å². The minimum Gasteiger partial charge on any atom is -0.258 e. The molecule has 1 aromatic carbocycles. The fourth-order valence-electron chi connectivity index (χ4n) is 2.13. The maximum atomic E-state index is 4.87. The topological polar surface area (TPSA) is 12.4 Å². The van der Waals surface area contributed by atoms with Gasteiger partial charge in [-0.05, 0) is 38.2 Å². The van der Waals surface area contributed by atoms with E-state index in [-0.39, 0.29) is 0 Å². The fraction of sp³-hybridized carbons (Fsp3) is 0.526. The van der Waals surface area contributed by atoms with Crippen LogP contribution in [0.15, 0.2) is 35.3 Å². The summed E-state index contributed by atoms with van der Waals surface area (Å²) in [5.74, 6) is 0.512. The molecule has 0 spiro atoms. The zero-order chi connectivity index (χ0) is 15.0. The minimum atomic E-state index is 0.512. The predicted molar refractivity (Wildman–Crippen MR) is 91.2 cm³/mol. The van der Waals surface area contributed by atoms with E-state index < -0.39 is 0 Å². The van der Waals surface area contributed by atoms with Gasteiger partial charge in [-0.1, -0.05) is 69.5 Å². The molecule has 0 aliphatic rings. The van der Waals surface area contributed by atoms with Crippen molar-refractivity contribution in [2.45, 2.75) is 60.3 Å². The molecule has 1 rings (SSSR count). The number of hydrogen-bond donors (Lipinski definition) is 0. The van der Waals surface area contributed by atoms with Crippen LogP contribution < -0.4 is 0 Å². The fourth-order valence-corrected chi connectivity index (χ4v) is 2.13. The van der Waals surface area contributed by atoms with E-state index in [0.29, 0.717) is 5.92 Å². The van der Waals surface area contributed by atoms with Crippen LogP contribution in [0.4, 0.5) is 0 Å². The molecular formula is C19H29N. The van der Waals surface area contributed by atoms with Crippen molar-refractivity contribution in [3.05, 3.63) is 41.5 Å². The second kappa shape index (κ2) is 8.73. The highest BCUT2D eigenvalue weighted by Crippen LogP contribution is 2.20. The van der Waals surface area contributed by atoms with Crippen molar-refractivity contribution < 1.29 is 0 Å². The number of nitrogens with zero attached hydrogens (tertiary/aromatic N) is 1. The first kappa shape index (κ1) is 16.7. The highest BCUT2D eigenvalue weighted by Gasteiger charge is 2.03. The average molecular weight is 271 g/mol. The molecule has 0 unspecified atom stereocenters. The molecule has 0 aromatic heterocycles. The van der Waals surface area contributed by atoms with Crippen molar-refractivity contribution in [2.24, 2.45) is 10.9 Å². The summed E-state index contributed by atoms with van der Waals surface area (Å²) >= 11 is 0. The number of aliphatic imine (C=N–C) groups is 1. The molecule has 0 aliphatic heterocycles. The maximum Gasteiger partial charge on any atom is 0.0663 e. The van der Waals surface area contributed by atoms with E-state index in [1.807, 2.05) is 0 Å². The Morgan fingerprint density at radius 2 is 1.80 bits per heavy atom. The van der Waals surface area contributed by atoms with E-state index in [2.05, 4.69) is 65.0 Å². The van der Waals surface area contributed by atoms with Gasteiger partial charge in [0, 0.05) is 5.71 Å². The van der Waals surface area contributed by atoms with Gasteiger partial charge in [-0.25, -0.2) is 0 Å². The van der Waals surface area contributed by atoms with Crippen molar-refractivity contribution in [1.82, 2.24) is 0 Å². The van der Waals surface area contributed by atoms with Gasteiger partial charge in [-0.3, -0.25) is 4.99 Å². The number of unbranched alkanes of at least 4 members (excludes halogenated alkanes) is 2. The summed E-state index contributed by atoms with van der Waals surface area (Å²) in [6.07, 6.45) is 7.17. The summed E-state index contributed by atoms with van der Waals surface area (Å²) in [5, 5.41) is 0. The van der Waals surface area contributed by atoms with Crippen LogP contribution in [0, 0.1) is 12.8 Å². The Bertz CT molecular complexity index is 449. The Morgan fingerprint density at radius 1 is 1.15 bits per heavy atom. The van der Waals surface area contributed by atoms with Crippen molar-refractivity contribution in [1.29, 1.82) is 0 Å². The first-order valence-electron chi connectivity index (χ1n) is 7.86. The van der Waals surface area contributed by atoms with Crippen molar-refractivity contribution in [3.8, 4) is 0 Å². The van der Waals surface area contributed by atoms with Gasteiger partial charge in [0.25, 0.3) is 0 Å². The van der Waals surface area contributed by atoms with Crippen LogP contribution in [-0.4, -0.2) is 5.71 Å². The number of allylic oxidation sites excluding steroid dienone is 1. The minimum absolute atomic E-state index is 0.512. The van der Waals surface area contributed by atoms with Crippen LogP contribution in [0.25, 0.3) is 5.70 Å². The maximum absolute atomic E-state index is 4.87. The first-order valence-corrected chi connectivity index (χ1v) is 7.86. The van der Waals surface area contributed by atoms with Crippen LogP contribution in [0.5, 0.6) is 0 Å². The van der Waals surface area contributed by atoms with Gasteiger partial charge in [-0.2, -0.15) is 0 Å². The smallest absolute Gasteiger partial charge is 0.0663 e. The standard InChI is InChI=1S/C19H29N/c1-6-7-8-9-17(5)20-19(14-15(2)3)18-12-10-16(4)11-13-18/h10-15H,6-9H2,1-5H3/b19-14-,20-17?. The molecule has 0 heterocycles. The van der Waals surface area contributed by atoms with Crippen LogP contribution in [0.2, 0.25) is 0 Å². The number of benzene rings is 1. The first-order chi connectivity index (χ1) is 9.52. The van der Waals surface area contributed by atoms with Gasteiger partial charge in [0.15, 0.2) is 0 Å². The Balaban J connectivity index is 2.90. The lowest BCUT2D eigenvalue weighted by Crippen LogP contribution is -1.95. The van der Waals surface area contributed by atoms with Crippen LogP contribution in [0.3, 0.4) is 0 Å². The number of aryl methyl sites for hydroxylation is 1. The SMILES string of the molecule is CCCCCC(C)=N/C(=C\C(C)C)c1ccc(C)cc1.